The third-order valence-corrected chi connectivity index (χ3v) is 3.68. The molecule has 0 atom stereocenters. The lowest BCUT2D eigenvalue weighted by Crippen LogP contribution is -2.17. The second kappa shape index (κ2) is 6.66. The highest BCUT2D eigenvalue weighted by atomic mass is 28.3. The molecule has 0 N–H and O–H groups in total. The summed E-state index contributed by atoms with van der Waals surface area (Å²) in [6.45, 7) is 8.56. The predicted octanol–water partition coefficient (Wildman–Crippen LogP) is 4.10. The Hall–Kier alpha value is -0.863. The van der Waals surface area contributed by atoms with Crippen molar-refractivity contribution in [2.75, 3.05) is 6.61 Å². The fourth-order valence-electron chi connectivity index (χ4n) is 1.32. The Morgan fingerprint density at radius 2 is 1.75 bits per heavy atom. The third-order valence-electron chi connectivity index (χ3n) is 2.22. The summed E-state index contributed by atoms with van der Waals surface area (Å²) in [4.78, 5) is 0. The van der Waals surface area contributed by atoms with Gasteiger partial charge in [0.15, 0.2) is 0 Å². The SMILES string of the molecule is C[Si](C)(C)C/C=C/COCc1ccccc1. The van der Waals surface area contributed by atoms with Gasteiger partial charge in [0.1, 0.15) is 0 Å². The lowest BCUT2D eigenvalue weighted by atomic mass is 10.2. The highest BCUT2D eigenvalue weighted by Crippen LogP contribution is 2.08. The molecule has 0 aromatic heterocycles. The van der Waals surface area contributed by atoms with Gasteiger partial charge in [-0.05, 0) is 11.6 Å². The second-order valence-electron chi connectivity index (χ2n) is 5.24. The second-order valence-corrected chi connectivity index (χ2v) is 10.8. The van der Waals surface area contributed by atoms with Crippen molar-refractivity contribution >= 4 is 8.07 Å². The molecule has 1 aromatic rings. The van der Waals surface area contributed by atoms with E-state index in [1.165, 1.54) is 11.6 Å². The number of hydrogen-bond donors (Lipinski definition) is 0. The van der Waals surface area contributed by atoms with E-state index in [0.717, 1.165) is 6.61 Å². The van der Waals surface area contributed by atoms with Crippen molar-refractivity contribution in [2.24, 2.45) is 0 Å². The van der Waals surface area contributed by atoms with Crippen LogP contribution in [-0.2, 0) is 11.3 Å². The topological polar surface area (TPSA) is 9.23 Å². The van der Waals surface area contributed by atoms with Crippen LogP contribution in [-0.4, -0.2) is 14.7 Å². The zero-order chi connectivity index (χ0) is 11.9. The molecule has 0 aliphatic carbocycles. The summed E-state index contributed by atoms with van der Waals surface area (Å²) in [5, 5.41) is 0. The summed E-state index contributed by atoms with van der Waals surface area (Å²) in [6, 6.07) is 11.5. The minimum absolute atomic E-state index is 0.706. The average Bonchev–Trinajstić information content (AvgIpc) is 2.23. The summed E-state index contributed by atoms with van der Waals surface area (Å²) in [5.74, 6) is 0. The molecular weight excluding hydrogens is 212 g/mol. The van der Waals surface area contributed by atoms with Crippen molar-refractivity contribution in [1.82, 2.24) is 0 Å². The molecule has 0 fully saturated rings. The molecule has 0 aliphatic rings. The first-order valence-corrected chi connectivity index (χ1v) is 9.55. The first-order chi connectivity index (χ1) is 7.58. The van der Waals surface area contributed by atoms with E-state index in [1.54, 1.807) is 0 Å². The number of benzene rings is 1. The smallest absolute Gasteiger partial charge is 0.0721 e. The Morgan fingerprint density at radius 1 is 1.06 bits per heavy atom. The molecule has 0 saturated carbocycles. The highest BCUT2D eigenvalue weighted by molar-refractivity contribution is 6.76. The molecule has 0 heterocycles. The van der Waals surface area contributed by atoms with Crippen molar-refractivity contribution in [3.63, 3.8) is 0 Å². The van der Waals surface area contributed by atoms with Gasteiger partial charge in [-0.1, -0.05) is 62.1 Å². The van der Waals surface area contributed by atoms with Crippen LogP contribution in [0.25, 0.3) is 0 Å². The summed E-state index contributed by atoms with van der Waals surface area (Å²) >= 11 is 0. The molecule has 0 unspecified atom stereocenters. The molecule has 1 rings (SSSR count). The van der Waals surface area contributed by atoms with Crippen molar-refractivity contribution in [2.45, 2.75) is 32.3 Å². The van der Waals surface area contributed by atoms with Crippen LogP contribution in [0.1, 0.15) is 5.56 Å². The molecule has 0 radical (unpaired) electrons. The van der Waals surface area contributed by atoms with Gasteiger partial charge in [0.05, 0.1) is 13.2 Å². The highest BCUT2D eigenvalue weighted by Gasteiger charge is 2.08. The zero-order valence-electron chi connectivity index (χ0n) is 10.6. The van der Waals surface area contributed by atoms with Gasteiger partial charge < -0.3 is 4.74 Å². The van der Waals surface area contributed by atoms with E-state index in [4.69, 9.17) is 4.74 Å². The summed E-state index contributed by atoms with van der Waals surface area (Å²) in [7, 11) is -0.924. The van der Waals surface area contributed by atoms with Gasteiger partial charge in [0.2, 0.25) is 0 Å². The largest absolute Gasteiger partial charge is 0.373 e. The van der Waals surface area contributed by atoms with Crippen molar-refractivity contribution in [1.29, 1.82) is 0 Å². The molecule has 88 valence electrons. The third kappa shape index (κ3) is 6.59. The zero-order valence-corrected chi connectivity index (χ0v) is 11.6. The number of allylic oxidation sites excluding steroid dienone is 1. The molecule has 16 heavy (non-hydrogen) atoms. The van der Waals surface area contributed by atoms with Gasteiger partial charge in [0, 0.05) is 8.07 Å². The van der Waals surface area contributed by atoms with Crippen LogP contribution >= 0.6 is 0 Å². The Labute approximate surface area is 100 Å². The van der Waals surface area contributed by atoms with Gasteiger partial charge >= 0.3 is 0 Å². The fourth-order valence-corrected chi connectivity index (χ4v) is 2.20. The molecule has 1 nitrogen and oxygen atoms in total. The standard InChI is InChI=1S/C14H22OSi/c1-16(2,3)12-8-7-11-15-13-14-9-5-4-6-10-14/h4-10H,11-13H2,1-3H3/b8-7+. The van der Waals surface area contributed by atoms with Crippen LogP contribution < -0.4 is 0 Å². The van der Waals surface area contributed by atoms with Crippen LogP contribution in [0.2, 0.25) is 25.7 Å². The Kier molecular flexibility index (Phi) is 5.50. The molecule has 0 spiro atoms. The van der Waals surface area contributed by atoms with Gasteiger partial charge in [-0.2, -0.15) is 0 Å². The average molecular weight is 234 g/mol. The number of hydrogen-bond acceptors (Lipinski definition) is 1. The predicted molar refractivity (Wildman–Crippen MR) is 73.4 cm³/mol. The number of rotatable bonds is 6. The first-order valence-electron chi connectivity index (χ1n) is 5.84. The minimum Gasteiger partial charge on any atom is -0.373 e. The van der Waals surface area contributed by atoms with Gasteiger partial charge in [-0.15, -0.1) is 0 Å². The molecule has 1 aromatic carbocycles. The van der Waals surface area contributed by atoms with E-state index < -0.39 is 8.07 Å². The van der Waals surface area contributed by atoms with Crippen LogP contribution in [0.3, 0.4) is 0 Å². The van der Waals surface area contributed by atoms with Gasteiger partial charge in [-0.3, -0.25) is 0 Å². The maximum absolute atomic E-state index is 5.56. The van der Waals surface area contributed by atoms with E-state index in [-0.39, 0.29) is 0 Å². The van der Waals surface area contributed by atoms with Gasteiger partial charge in [-0.25, -0.2) is 0 Å². The maximum Gasteiger partial charge on any atom is 0.0721 e. The summed E-state index contributed by atoms with van der Waals surface area (Å²) < 4.78 is 5.56. The van der Waals surface area contributed by atoms with E-state index in [1.807, 2.05) is 18.2 Å². The maximum atomic E-state index is 5.56. The summed E-state index contributed by atoms with van der Waals surface area (Å²) in [6.07, 6.45) is 4.40. The molecule has 2 heteroatoms. The van der Waals surface area contributed by atoms with E-state index in [9.17, 15) is 0 Å². The fraction of sp³-hybridized carbons (Fsp3) is 0.429. The van der Waals surface area contributed by atoms with E-state index in [0.29, 0.717) is 6.61 Å². The van der Waals surface area contributed by atoms with Gasteiger partial charge in [0.25, 0.3) is 0 Å². The van der Waals surface area contributed by atoms with Crippen molar-refractivity contribution in [3.8, 4) is 0 Å². The van der Waals surface area contributed by atoms with Crippen LogP contribution in [0.4, 0.5) is 0 Å². The Morgan fingerprint density at radius 3 is 2.38 bits per heavy atom. The first kappa shape index (κ1) is 13.2. The monoisotopic (exact) mass is 234 g/mol. The van der Waals surface area contributed by atoms with Crippen molar-refractivity contribution in [3.05, 3.63) is 48.0 Å². The molecule has 0 aliphatic heterocycles. The lowest BCUT2D eigenvalue weighted by molar-refractivity contribution is 0.148. The van der Waals surface area contributed by atoms with Crippen LogP contribution in [0, 0.1) is 0 Å². The van der Waals surface area contributed by atoms with Crippen LogP contribution in [0.15, 0.2) is 42.5 Å². The minimum atomic E-state index is -0.924. The van der Waals surface area contributed by atoms with Crippen molar-refractivity contribution < 1.29 is 4.74 Å². The normalized spacial score (nSPS) is 12.2. The van der Waals surface area contributed by atoms with E-state index >= 15 is 0 Å². The molecule has 0 amide bonds. The molecule has 0 bridgehead atoms. The van der Waals surface area contributed by atoms with E-state index in [2.05, 4.69) is 43.9 Å². The van der Waals surface area contributed by atoms with Crippen LogP contribution in [0.5, 0.6) is 0 Å². The lowest BCUT2D eigenvalue weighted by Gasteiger charge is -2.11. The quantitative estimate of drug-likeness (QED) is 0.409. The summed E-state index contributed by atoms with van der Waals surface area (Å²) in [5.41, 5.74) is 1.24. The molecular formula is C14H22OSi. The Balaban J connectivity index is 2.13. The number of ether oxygens (including phenoxy) is 1. The Bertz CT molecular complexity index is 311. The molecule has 0 saturated heterocycles.